The van der Waals surface area contributed by atoms with E-state index in [-0.39, 0.29) is 17.8 Å². The Balaban J connectivity index is 2.57. The average Bonchev–Trinajstić information content (AvgIpc) is 2.49. The van der Waals surface area contributed by atoms with Gasteiger partial charge in [-0.25, -0.2) is 4.79 Å². The molecule has 0 fully saturated rings. The predicted molar refractivity (Wildman–Crippen MR) is 84.3 cm³/mol. The van der Waals surface area contributed by atoms with Crippen molar-refractivity contribution in [3.05, 3.63) is 29.8 Å². The van der Waals surface area contributed by atoms with Crippen LogP contribution in [-0.2, 0) is 9.53 Å². The first-order valence-electron chi connectivity index (χ1n) is 7.70. The Labute approximate surface area is 126 Å². The number of hydrogen-bond donors (Lipinski definition) is 1. The average molecular weight is 291 g/mol. The van der Waals surface area contributed by atoms with Crippen LogP contribution in [0.4, 0.5) is 5.69 Å². The molecular formula is C17H25NO3. The molecule has 0 saturated heterocycles. The van der Waals surface area contributed by atoms with E-state index in [2.05, 4.69) is 5.32 Å². The van der Waals surface area contributed by atoms with Gasteiger partial charge in [-0.05, 0) is 43.5 Å². The number of nitrogens with one attached hydrogen (secondary N) is 1. The highest BCUT2D eigenvalue weighted by Crippen LogP contribution is 2.14. The molecular weight excluding hydrogens is 266 g/mol. The summed E-state index contributed by atoms with van der Waals surface area (Å²) in [5, 5.41) is 2.87. The zero-order chi connectivity index (χ0) is 15.7. The summed E-state index contributed by atoms with van der Waals surface area (Å²) >= 11 is 0. The second-order valence-corrected chi connectivity index (χ2v) is 5.07. The molecule has 1 aromatic carbocycles. The van der Waals surface area contributed by atoms with Gasteiger partial charge in [0.2, 0.25) is 5.91 Å². The number of hydrogen-bond acceptors (Lipinski definition) is 3. The molecule has 0 radical (unpaired) electrons. The summed E-state index contributed by atoms with van der Waals surface area (Å²) in [6.45, 7) is 6.50. The van der Waals surface area contributed by atoms with Gasteiger partial charge in [-0.3, -0.25) is 4.79 Å². The van der Waals surface area contributed by atoms with E-state index >= 15 is 0 Å². The minimum Gasteiger partial charge on any atom is -0.462 e. The van der Waals surface area contributed by atoms with Crippen LogP contribution in [0.5, 0.6) is 0 Å². The molecule has 0 aromatic heterocycles. The molecule has 4 nitrogen and oxygen atoms in total. The maximum absolute atomic E-state index is 12.0. The van der Waals surface area contributed by atoms with Crippen LogP contribution in [-0.4, -0.2) is 18.5 Å². The SMILES string of the molecule is CCCCOC(=O)c1ccc(NC(=O)C(CC)CC)cc1. The molecule has 1 aromatic rings. The lowest BCUT2D eigenvalue weighted by Crippen LogP contribution is -2.21. The topological polar surface area (TPSA) is 55.4 Å². The molecule has 0 saturated carbocycles. The van der Waals surface area contributed by atoms with E-state index in [1.54, 1.807) is 24.3 Å². The van der Waals surface area contributed by atoms with E-state index in [1.807, 2.05) is 20.8 Å². The van der Waals surface area contributed by atoms with Crippen molar-refractivity contribution >= 4 is 17.6 Å². The van der Waals surface area contributed by atoms with Crippen molar-refractivity contribution in [2.24, 2.45) is 5.92 Å². The lowest BCUT2D eigenvalue weighted by Gasteiger charge is -2.13. The van der Waals surface area contributed by atoms with Gasteiger partial charge in [0.15, 0.2) is 0 Å². The van der Waals surface area contributed by atoms with Crippen LogP contribution in [0.15, 0.2) is 24.3 Å². The van der Waals surface area contributed by atoms with Gasteiger partial charge in [0.1, 0.15) is 0 Å². The Bertz CT molecular complexity index is 450. The number of unbranched alkanes of at least 4 members (excludes halogenated alkanes) is 1. The summed E-state index contributed by atoms with van der Waals surface area (Å²) in [6.07, 6.45) is 3.51. The normalized spacial score (nSPS) is 10.5. The zero-order valence-electron chi connectivity index (χ0n) is 13.1. The number of carbonyl (C=O) groups excluding carboxylic acids is 2. The number of benzene rings is 1. The molecule has 1 amide bonds. The number of ether oxygens (including phenoxy) is 1. The molecule has 0 aliphatic heterocycles. The quantitative estimate of drug-likeness (QED) is 0.581. The van der Waals surface area contributed by atoms with E-state index in [0.29, 0.717) is 17.9 Å². The highest BCUT2D eigenvalue weighted by atomic mass is 16.5. The second-order valence-electron chi connectivity index (χ2n) is 5.07. The number of carbonyl (C=O) groups is 2. The molecule has 21 heavy (non-hydrogen) atoms. The van der Waals surface area contributed by atoms with Gasteiger partial charge in [-0.1, -0.05) is 27.2 Å². The van der Waals surface area contributed by atoms with Crippen molar-refractivity contribution in [2.75, 3.05) is 11.9 Å². The third-order valence-corrected chi connectivity index (χ3v) is 3.48. The van der Waals surface area contributed by atoms with Crippen molar-refractivity contribution < 1.29 is 14.3 Å². The summed E-state index contributed by atoms with van der Waals surface area (Å²) in [6, 6.07) is 6.82. The monoisotopic (exact) mass is 291 g/mol. The summed E-state index contributed by atoms with van der Waals surface area (Å²) in [5.74, 6) is -0.261. The lowest BCUT2D eigenvalue weighted by molar-refractivity contribution is -0.120. The highest BCUT2D eigenvalue weighted by Gasteiger charge is 2.14. The van der Waals surface area contributed by atoms with Crippen LogP contribution in [0.1, 0.15) is 56.8 Å². The van der Waals surface area contributed by atoms with Gasteiger partial charge in [-0.2, -0.15) is 0 Å². The number of esters is 1. The Morgan fingerprint density at radius 2 is 1.71 bits per heavy atom. The first-order valence-corrected chi connectivity index (χ1v) is 7.70. The van der Waals surface area contributed by atoms with Crippen LogP contribution in [0, 0.1) is 5.92 Å². The maximum atomic E-state index is 12.0. The third kappa shape index (κ3) is 5.58. The summed E-state index contributed by atoms with van der Waals surface area (Å²) in [4.78, 5) is 23.7. The largest absolute Gasteiger partial charge is 0.462 e. The van der Waals surface area contributed by atoms with Gasteiger partial charge < -0.3 is 10.1 Å². The van der Waals surface area contributed by atoms with E-state index in [1.165, 1.54) is 0 Å². The third-order valence-electron chi connectivity index (χ3n) is 3.48. The summed E-state index contributed by atoms with van der Waals surface area (Å²) in [5.41, 5.74) is 1.21. The first-order chi connectivity index (χ1) is 10.1. The first kappa shape index (κ1) is 17.2. The van der Waals surface area contributed by atoms with Crippen LogP contribution < -0.4 is 5.32 Å². The Morgan fingerprint density at radius 1 is 1.10 bits per heavy atom. The lowest BCUT2D eigenvalue weighted by atomic mass is 10.0. The van der Waals surface area contributed by atoms with Gasteiger partial charge in [0.05, 0.1) is 12.2 Å². The fourth-order valence-corrected chi connectivity index (χ4v) is 1.99. The highest BCUT2D eigenvalue weighted by molar-refractivity contribution is 5.94. The second kappa shape index (κ2) is 9.16. The Hall–Kier alpha value is -1.84. The van der Waals surface area contributed by atoms with Crippen molar-refractivity contribution in [2.45, 2.75) is 46.5 Å². The van der Waals surface area contributed by atoms with Gasteiger partial charge in [0, 0.05) is 11.6 Å². The molecule has 1 rings (SSSR count). The minimum atomic E-state index is -0.318. The number of rotatable bonds is 8. The predicted octanol–water partition coefficient (Wildman–Crippen LogP) is 4.02. The van der Waals surface area contributed by atoms with Gasteiger partial charge in [-0.15, -0.1) is 0 Å². The molecule has 0 unspecified atom stereocenters. The van der Waals surface area contributed by atoms with E-state index in [9.17, 15) is 9.59 Å². The van der Waals surface area contributed by atoms with Crippen molar-refractivity contribution in [3.8, 4) is 0 Å². The molecule has 0 bridgehead atoms. The van der Waals surface area contributed by atoms with Gasteiger partial charge >= 0.3 is 5.97 Å². The molecule has 4 heteroatoms. The molecule has 0 aliphatic carbocycles. The number of amides is 1. The molecule has 1 N–H and O–H groups in total. The van der Waals surface area contributed by atoms with Crippen LogP contribution in [0.3, 0.4) is 0 Å². The standard InChI is InChI=1S/C17H25NO3/c1-4-7-12-21-17(20)14-8-10-15(11-9-14)18-16(19)13(5-2)6-3/h8-11,13H,4-7,12H2,1-3H3,(H,18,19). The molecule has 0 aliphatic rings. The van der Waals surface area contributed by atoms with Crippen LogP contribution in [0.2, 0.25) is 0 Å². The van der Waals surface area contributed by atoms with Crippen LogP contribution >= 0.6 is 0 Å². The maximum Gasteiger partial charge on any atom is 0.338 e. The molecule has 0 heterocycles. The van der Waals surface area contributed by atoms with Crippen molar-refractivity contribution in [1.82, 2.24) is 0 Å². The van der Waals surface area contributed by atoms with E-state index in [0.717, 1.165) is 25.7 Å². The Kier molecular flexibility index (Phi) is 7.51. The van der Waals surface area contributed by atoms with Crippen molar-refractivity contribution in [3.63, 3.8) is 0 Å². The van der Waals surface area contributed by atoms with Crippen LogP contribution in [0.25, 0.3) is 0 Å². The van der Waals surface area contributed by atoms with E-state index in [4.69, 9.17) is 4.74 Å². The number of anilines is 1. The summed E-state index contributed by atoms with van der Waals surface area (Å²) < 4.78 is 5.14. The fourth-order valence-electron chi connectivity index (χ4n) is 1.99. The Morgan fingerprint density at radius 3 is 2.24 bits per heavy atom. The molecule has 116 valence electrons. The summed E-state index contributed by atoms with van der Waals surface area (Å²) in [7, 11) is 0. The molecule has 0 atom stereocenters. The molecule has 0 spiro atoms. The van der Waals surface area contributed by atoms with E-state index < -0.39 is 0 Å². The minimum absolute atomic E-state index is 0.0262. The fraction of sp³-hybridized carbons (Fsp3) is 0.529. The smallest absolute Gasteiger partial charge is 0.338 e. The zero-order valence-corrected chi connectivity index (χ0v) is 13.1. The van der Waals surface area contributed by atoms with Crippen molar-refractivity contribution in [1.29, 1.82) is 0 Å². The van der Waals surface area contributed by atoms with Gasteiger partial charge in [0.25, 0.3) is 0 Å².